The van der Waals surface area contributed by atoms with Crippen molar-refractivity contribution >= 4 is 39.6 Å². The van der Waals surface area contributed by atoms with Crippen molar-refractivity contribution in [3.8, 4) is 0 Å². The van der Waals surface area contributed by atoms with Crippen LogP contribution in [0.2, 0.25) is 0 Å². The molecule has 1 unspecified atom stereocenters. The lowest BCUT2D eigenvalue weighted by Gasteiger charge is -2.41. The van der Waals surface area contributed by atoms with Crippen LogP contribution < -0.4 is 9.80 Å². The minimum atomic E-state index is -2.34. The second-order valence-corrected chi connectivity index (χ2v) is 8.87. The summed E-state index contributed by atoms with van der Waals surface area (Å²) in [5.74, 6) is 0.752. The number of ether oxygens (including phenoxy) is 1. The van der Waals surface area contributed by atoms with Crippen molar-refractivity contribution in [2.75, 3.05) is 22.9 Å². The molecule has 0 N–H and O–H groups in total. The van der Waals surface area contributed by atoms with Gasteiger partial charge in [0.15, 0.2) is 0 Å². The molecule has 31 heavy (non-hydrogen) atoms. The van der Waals surface area contributed by atoms with Gasteiger partial charge >= 0.3 is 6.09 Å². The van der Waals surface area contributed by atoms with E-state index in [0.29, 0.717) is 12.1 Å². The predicted octanol–water partition coefficient (Wildman–Crippen LogP) is 3.91. The summed E-state index contributed by atoms with van der Waals surface area (Å²) in [6.45, 7) is 3.78. The molecule has 0 saturated carbocycles. The highest BCUT2D eigenvalue weighted by Gasteiger charge is 2.35. The van der Waals surface area contributed by atoms with E-state index in [0.717, 1.165) is 53.9 Å². The second-order valence-electron chi connectivity index (χ2n) is 7.96. The number of amides is 1. The Kier molecular flexibility index (Phi) is 5.11. The van der Waals surface area contributed by atoms with Crippen LogP contribution in [0, 0.1) is 6.92 Å². The van der Waals surface area contributed by atoms with Crippen molar-refractivity contribution in [1.29, 1.82) is 0 Å². The fraction of sp³-hybridized carbons (Fsp3) is 0.304. The van der Waals surface area contributed by atoms with Crippen LogP contribution in [0.3, 0.4) is 0 Å². The van der Waals surface area contributed by atoms with Crippen molar-refractivity contribution in [3.63, 3.8) is 0 Å². The van der Waals surface area contributed by atoms with E-state index in [4.69, 9.17) is 4.74 Å². The van der Waals surface area contributed by atoms with Crippen molar-refractivity contribution in [1.82, 2.24) is 4.98 Å². The summed E-state index contributed by atoms with van der Waals surface area (Å²) in [6.07, 6.45) is 1.27. The van der Waals surface area contributed by atoms with Gasteiger partial charge < -0.3 is 14.2 Å². The normalized spacial score (nSPS) is 18.1. The molecule has 2 aromatic carbocycles. The van der Waals surface area contributed by atoms with E-state index >= 15 is 0 Å². The molecule has 7 nitrogen and oxygen atoms in total. The SMILES string of the molecule is Cc1cccc2c1N(C1CCN(c3ccc4cccc(S(=O)[O-])c4n3)CC1)C(=O)OC2. The lowest BCUT2D eigenvalue weighted by Crippen LogP contribution is -2.50. The van der Waals surface area contributed by atoms with Gasteiger partial charge in [0.1, 0.15) is 12.4 Å². The molecule has 1 saturated heterocycles. The average molecular weight is 437 g/mol. The molecule has 1 aromatic heterocycles. The van der Waals surface area contributed by atoms with Gasteiger partial charge in [-0.05, 0) is 54.6 Å². The lowest BCUT2D eigenvalue weighted by molar-refractivity contribution is 0.137. The first-order chi connectivity index (χ1) is 15.0. The minimum absolute atomic E-state index is 0.0501. The smallest absolute Gasteiger partial charge is 0.414 e. The first-order valence-electron chi connectivity index (χ1n) is 10.3. The zero-order valence-corrected chi connectivity index (χ0v) is 17.9. The number of carbonyl (C=O) groups is 1. The average Bonchev–Trinajstić information content (AvgIpc) is 2.79. The number of cyclic esters (lactones) is 1. The lowest BCUT2D eigenvalue weighted by atomic mass is 9.99. The van der Waals surface area contributed by atoms with Gasteiger partial charge in [0.25, 0.3) is 0 Å². The molecule has 5 rings (SSSR count). The van der Waals surface area contributed by atoms with Gasteiger partial charge in [0.05, 0.1) is 16.1 Å². The van der Waals surface area contributed by atoms with Crippen LogP contribution in [0.25, 0.3) is 10.9 Å². The fourth-order valence-corrected chi connectivity index (χ4v) is 5.10. The second kappa shape index (κ2) is 7.94. The summed E-state index contributed by atoms with van der Waals surface area (Å²) < 4.78 is 28.6. The molecular formula is C23H22N3O4S-. The Hall–Kier alpha value is -2.97. The van der Waals surface area contributed by atoms with E-state index in [2.05, 4.69) is 9.88 Å². The molecule has 1 fully saturated rings. The van der Waals surface area contributed by atoms with Crippen LogP contribution >= 0.6 is 0 Å². The molecule has 2 aliphatic rings. The number of pyridine rings is 1. The summed E-state index contributed by atoms with van der Waals surface area (Å²) in [5, 5.41) is 0.795. The summed E-state index contributed by atoms with van der Waals surface area (Å²) in [4.78, 5) is 21.4. The molecule has 3 aromatic rings. The number of aryl methyl sites for hydroxylation is 1. The summed E-state index contributed by atoms with van der Waals surface area (Å²) in [7, 11) is 0. The topological polar surface area (TPSA) is 85.8 Å². The molecule has 0 radical (unpaired) electrons. The molecular weight excluding hydrogens is 414 g/mol. The third-order valence-electron chi connectivity index (χ3n) is 6.11. The molecule has 1 amide bonds. The highest BCUT2D eigenvalue weighted by Crippen LogP contribution is 2.35. The number of anilines is 2. The molecule has 0 spiro atoms. The largest absolute Gasteiger partial charge is 0.768 e. The number of carbonyl (C=O) groups excluding carboxylic acids is 1. The van der Waals surface area contributed by atoms with Gasteiger partial charge in [0, 0.05) is 30.1 Å². The molecule has 3 heterocycles. The third-order valence-corrected chi connectivity index (χ3v) is 6.80. The number of piperidine rings is 1. The Morgan fingerprint density at radius 3 is 2.65 bits per heavy atom. The summed E-state index contributed by atoms with van der Waals surface area (Å²) >= 11 is -2.34. The fourth-order valence-electron chi connectivity index (χ4n) is 4.59. The Bertz CT molecular complexity index is 1190. The highest BCUT2D eigenvalue weighted by atomic mass is 32.2. The molecule has 8 heteroatoms. The quantitative estimate of drug-likeness (QED) is 0.579. The van der Waals surface area contributed by atoms with Crippen molar-refractivity contribution < 1.29 is 18.3 Å². The maximum atomic E-state index is 12.6. The maximum absolute atomic E-state index is 12.6. The summed E-state index contributed by atoms with van der Waals surface area (Å²) in [6, 6.07) is 15.0. The first kappa shape index (κ1) is 20.0. The highest BCUT2D eigenvalue weighted by molar-refractivity contribution is 7.79. The zero-order chi connectivity index (χ0) is 21.5. The van der Waals surface area contributed by atoms with Crippen molar-refractivity contribution in [2.24, 2.45) is 0 Å². The van der Waals surface area contributed by atoms with Gasteiger partial charge in [-0.3, -0.25) is 9.11 Å². The monoisotopic (exact) mass is 436 g/mol. The molecule has 0 aliphatic carbocycles. The first-order valence-corrected chi connectivity index (χ1v) is 11.4. The van der Waals surface area contributed by atoms with Gasteiger partial charge in [-0.25, -0.2) is 9.78 Å². The zero-order valence-electron chi connectivity index (χ0n) is 17.1. The van der Waals surface area contributed by atoms with Crippen LogP contribution in [-0.4, -0.2) is 39.0 Å². The molecule has 0 bridgehead atoms. The van der Waals surface area contributed by atoms with E-state index in [1.54, 1.807) is 12.1 Å². The maximum Gasteiger partial charge on any atom is 0.414 e. The van der Waals surface area contributed by atoms with Gasteiger partial charge in [-0.1, -0.05) is 30.3 Å². The molecule has 1 atom stereocenters. The number of nitrogens with zero attached hydrogens (tertiary/aromatic N) is 3. The number of para-hydroxylation sites is 2. The van der Waals surface area contributed by atoms with Crippen LogP contribution in [0.1, 0.15) is 24.0 Å². The van der Waals surface area contributed by atoms with E-state index < -0.39 is 11.1 Å². The van der Waals surface area contributed by atoms with Crippen LogP contribution in [-0.2, 0) is 22.4 Å². The number of hydrogen-bond donors (Lipinski definition) is 0. The Morgan fingerprint density at radius 2 is 1.87 bits per heavy atom. The Labute approximate surface area is 182 Å². The van der Waals surface area contributed by atoms with Crippen molar-refractivity contribution in [2.45, 2.75) is 37.3 Å². The van der Waals surface area contributed by atoms with E-state index in [1.165, 1.54) is 0 Å². The molecule has 160 valence electrons. The number of aromatic nitrogens is 1. The van der Waals surface area contributed by atoms with E-state index in [9.17, 15) is 13.6 Å². The number of fused-ring (bicyclic) bond motifs is 2. The van der Waals surface area contributed by atoms with E-state index in [1.807, 2.05) is 48.2 Å². The minimum Gasteiger partial charge on any atom is -0.768 e. The van der Waals surface area contributed by atoms with E-state index in [-0.39, 0.29) is 17.0 Å². The molecule has 2 aliphatic heterocycles. The van der Waals surface area contributed by atoms with Crippen LogP contribution in [0.5, 0.6) is 0 Å². The third kappa shape index (κ3) is 3.55. The van der Waals surface area contributed by atoms with Crippen LogP contribution in [0.4, 0.5) is 16.3 Å². The van der Waals surface area contributed by atoms with Gasteiger partial charge in [0.2, 0.25) is 0 Å². The number of hydrogen-bond acceptors (Lipinski definition) is 6. The number of rotatable bonds is 3. The number of benzene rings is 2. The van der Waals surface area contributed by atoms with Crippen molar-refractivity contribution in [3.05, 3.63) is 59.7 Å². The standard InChI is InChI=1S/C23H23N3O4S/c1-15-4-2-6-17-14-30-23(27)26(22(15)17)18-10-12-25(13-11-18)20-9-8-16-5-3-7-19(31(28)29)21(16)24-20/h2-9,18H,10-14H2,1H3,(H,28,29)/p-1. The Morgan fingerprint density at radius 1 is 1.10 bits per heavy atom. The predicted molar refractivity (Wildman–Crippen MR) is 118 cm³/mol. The Balaban J connectivity index is 1.39. The van der Waals surface area contributed by atoms with Gasteiger partial charge in [-0.2, -0.15) is 0 Å². The van der Waals surface area contributed by atoms with Crippen LogP contribution in [0.15, 0.2) is 53.4 Å². The van der Waals surface area contributed by atoms with Gasteiger partial charge in [-0.15, -0.1) is 0 Å². The summed E-state index contributed by atoms with van der Waals surface area (Å²) in [5.41, 5.74) is 3.57.